The lowest BCUT2D eigenvalue weighted by Gasteiger charge is -2.06. The largest absolute Gasteiger partial charge is 0.382 e. The van der Waals surface area contributed by atoms with Crippen molar-refractivity contribution in [3.63, 3.8) is 0 Å². The molecule has 2 nitrogen and oxygen atoms in total. The van der Waals surface area contributed by atoms with E-state index in [0.717, 1.165) is 32.7 Å². The highest BCUT2D eigenvalue weighted by molar-refractivity contribution is 4.40. The minimum atomic E-state index is 0.363. The summed E-state index contributed by atoms with van der Waals surface area (Å²) >= 11 is 0. The molecule has 0 rings (SSSR count). The van der Waals surface area contributed by atoms with Crippen molar-refractivity contribution in [2.75, 3.05) is 19.8 Å². The van der Waals surface area contributed by atoms with Gasteiger partial charge < -0.3 is 9.47 Å². The molecule has 0 heterocycles. The van der Waals surface area contributed by atoms with E-state index in [9.17, 15) is 0 Å². The first-order chi connectivity index (χ1) is 5.27. The van der Waals surface area contributed by atoms with E-state index in [1.165, 1.54) is 0 Å². The normalized spacial score (nSPS) is 10.9. The van der Waals surface area contributed by atoms with Crippen LogP contribution < -0.4 is 0 Å². The number of hydrogen-bond donors (Lipinski definition) is 0. The summed E-state index contributed by atoms with van der Waals surface area (Å²) in [4.78, 5) is 0. The lowest BCUT2D eigenvalue weighted by molar-refractivity contribution is 0.0678. The molecular weight excluding hydrogens is 140 g/mol. The highest BCUT2D eigenvalue weighted by atomic mass is 16.5. The van der Waals surface area contributed by atoms with Crippen molar-refractivity contribution < 1.29 is 9.47 Å². The molecular formula is C9H20O2. The Morgan fingerprint density at radius 1 is 1.09 bits per heavy atom. The Balaban J connectivity index is 2.80. The minimum absolute atomic E-state index is 0.363. The first-order valence-corrected chi connectivity index (χ1v) is 4.46. The fourth-order valence-electron chi connectivity index (χ4n) is 0.770. The number of unbranched alkanes of at least 4 members (excludes halogenated alkanes) is 1. The Morgan fingerprint density at radius 2 is 1.73 bits per heavy atom. The Kier molecular flexibility index (Phi) is 7.96. The first-order valence-electron chi connectivity index (χ1n) is 4.46. The van der Waals surface area contributed by atoms with Gasteiger partial charge in [-0.25, -0.2) is 0 Å². The van der Waals surface area contributed by atoms with E-state index in [2.05, 4.69) is 13.8 Å². The molecule has 0 aliphatic rings. The molecule has 0 unspecified atom stereocenters. The zero-order valence-electron chi connectivity index (χ0n) is 7.93. The average Bonchev–Trinajstić information content (AvgIpc) is 1.96. The highest BCUT2D eigenvalue weighted by Crippen LogP contribution is 1.94. The minimum Gasteiger partial charge on any atom is -0.382 e. The first kappa shape index (κ1) is 10.9. The fraction of sp³-hybridized carbons (Fsp3) is 1.00. The Hall–Kier alpha value is -0.0800. The van der Waals surface area contributed by atoms with Crippen LogP contribution in [0.4, 0.5) is 0 Å². The third-order valence-electron chi connectivity index (χ3n) is 1.34. The van der Waals surface area contributed by atoms with E-state index in [0.29, 0.717) is 6.10 Å². The van der Waals surface area contributed by atoms with Crippen LogP contribution in [0.3, 0.4) is 0 Å². The molecule has 0 aromatic rings. The molecule has 0 spiro atoms. The summed E-state index contributed by atoms with van der Waals surface area (Å²) in [7, 11) is 0. The summed E-state index contributed by atoms with van der Waals surface area (Å²) in [5.41, 5.74) is 0. The standard InChI is InChI=1S/C9H20O2/c1-4-10-7-5-6-8-11-9(2)3/h9H,4-8H2,1-3H3. The summed E-state index contributed by atoms with van der Waals surface area (Å²) in [6, 6.07) is 0. The van der Waals surface area contributed by atoms with E-state index >= 15 is 0 Å². The fourth-order valence-corrected chi connectivity index (χ4v) is 0.770. The molecule has 0 aromatic heterocycles. The van der Waals surface area contributed by atoms with E-state index in [4.69, 9.17) is 9.47 Å². The van der Waals surface area contributed by atoms with Gasteiger partial charge in [-0.05, 0) is 33.6 Å². The number of ether oxygens (including phenoxy) is 2. The van der Waals surface area contributed by atoms with E-state index < -0.39 is 0 Å². The van der Waals surface area contributed by atoms with Crippen LogP contribution in [-0.2, 0) is 9.47 Å². The summed E-state index contributed by atoms with van der Waals surface area (Å²) in [6.07, 6.45) is 2.58. The summed E-state index contributed by atoms with van der Waals surface area (Å²) < 4.78 is 10.6. The summed E-state index contributed by atoms with van der Waals surface area (Å²) in [6.45, 7) is 8.70. The smallest absolute Gasteiger partial charge is 0.0518 e. The zero-order chi connectivity index (χ0) is 8.53. The third-order valence-corrected chi connectivity index (χ3v) is 1.34. The molecule has 0 amide bonds. The highest BCUT2D eigenvalue weighted by Gasteiger charge is 1.92. The van der Waals surface area contributed by atoms with Gasteiger partial charge in [0.15, 0.2) is 0 Å². The molecule has 0 aromatic carbocycles. The Morgan fingerprint density at radius 3 is 2.27 bits per heavy atom. The predicted octanol–water partition coefficient (Wildman–Crippen LogP) is 2.23. The van der Waals surface area contributed by atoms with Gasteiger partial charge in [-0.15, -0.1) is 0 Å². The predicted molar refractivity (Wildman–Crippen MR) is 46.8 cm³/mol. The van der Waals surface area contributed by atoms with Crippen LogP contribution in [0.5, 0.6) is 0 Å². The average molecular weight is 160 g/mol. The molecule has 68 valence electrons. The van der Waals surface area contributed by atoms with Crippen molar-refractivity contribution in [1.29, 1.82) is 0 Å². The quantitative estimate of drug-likeness (QED) is 0.532. The van der Waals surface area contributed by atoms with Crippen molar-refractivity contribution >= 4 is 0 Å². The molecule has 0 aliphatic heterocycles. The maximum absolute atomic E-state index is 5.37. The maximum Gasteiger partial charge on any atom is 0.0518 e. The molecule has 0 fully saturated rings. The van der Waals surface area contributed by atoms with Gasteiger partial charge in [-0.2, -0.15) is 0 Å². The van der Waals surface area contributed by atoms with E-state index in [1.807, 2.05) is 6.92 Å². The van der Waals surface area contributed by atoms with Crippen molar-refractivity contribution in [2.24, 2.45) is 0 Å². The molecule has 0 atom stereocenters. The van der Waals surface area contributed by atoms with Crippen LogP contribution >= 0.6 is 0 Å². The van der Waals surface area contributed by atoms with Gasteiger partial charge >= 0.3 is 0 Å². The van der Waals surface area contributed by atoms with Crippen LogP contribution in [0.2, 0.25) is 0 Å². The molecule has 0 saturated carbocycles. The van der Waals surface area contributed by atoms with Crippen molar-refractivity contribution in [3.05, 3.63) is 0 Å². The van der Waals surface area contributed by atoms with Gasteiger partial charge in [0.2, 0.25) is 0 Å². The van der Waals surface area contributed by atoms with Gasteiger partial charge in [0.1, 0.15) is 0 Å². The van der Waals surface area contributed by atoms with Gasteiger partial charge in [0.25, 0.3) is 0 Å². The van der Waals surface area contributed by atoms with Crippen molar-refractivity contribution in [1.82, 2.24) is 0 Å². The Labute approximate surface area is 69.9 Å². The van der Waals surface area contributed by atoms with Crippen LogP contribution in [0.25, 0.3) is 0 Å². The van der Waals surface area contributed by atoms with Gasteiger partial charge in [0, 0.05) is 19.8 Å². The maximum atomic E-state index is 5.37. The monoisotopic (exact) mass is 160 g/mol. The lowest BCUT2D eigenvalue weighted by Crippen LogP contribution is -2.04. The molecule has 0 radical (unpaired) electrons. The van der Waals surface area contributed by atoms with Gasteiger partial charge in [-0.3, -0.25) is 0 Å². The van der Waals surface area contributed by atoms with Crippen LogP contribution in [-0.4, -0.2) is 25.9 Å². The molecule has 0 aliphatic carbocycles. The molecule has 2 heteroatoms. The van der Waals surface area contributed by atoms with Crippen molar-refractivity contribution in [2.45, 2.75) is 39.7 Å². The number of rotatable bonds is 7. The van der Waals surface area contributed by atoms with E-state index in [1.54, 1.807) is 0 Å². The molecule has 0 N–H and O–H groups in total. The SMILES string of the molecule is CCOCCCCOC(C)C. The van der Waals surface area contributed by atoms with Crippen LogP contribution in [0, 0.1) is 0 Å². The van der Waals surface area contributed by atoms with Crippen molar-refractivity contribution in [3.8, 4) is 0 Å². The summed E-state index contributed by atoms with van der Waals surface area (Å²) in [5, 5.41) is 0. The second kappa shape index (κ2) is 8.02. The molecule has 11 heavy (non-hydrogen) atoms. The van der Waals surface area contributed by atoms with Crippen LogP contribution in [0.1, 0.15) is 33.6 Å². The molecule has 0 bridgehead atoms. The lowest BCUT2D eigenvalue weighted by atomic mass is 10.3. The topological polar surface area (TPSA) is 18.5 Å². The third kappa shape index (κ3) is 9.92. The molecule has 0 saturated heterocycles. The second-order valence-electron chi connectivity index (χ2n) is 2.82. The summed E-state index contributed by atoms with van der Waals surface area (Å²) in [5.74, 6) is 0. The Bertz CT molecular complexity index is 72.0. The van der Waals surface area contributed by atoms with E-state index in [-0.39, 0.29) is 0 Å². The second-order valence-corrected chi connectivity index (χ2v) is 2.82. The zero-order valence-corrected chi connectivity index (χ0v) is 7.93. The van der Waals surface area contributed by atoms with Gasteiger partial charge in [0.05, 0.1) is 6.10 Å². The van der Waals surface area contributed by atoms with Crippen LogP contribution in [0.15, 0.2) is 0 Å². The van der Waals surface area contributed by atoms with Gasteiger partial charge in [-0.1, -0.05) is 0 Å². The number of hydrogen-bond acceptors (Lipinski definition) is 2.